The van der Waals surface area contributed by atoms with Gasteiger partial charge in [0.25, 0.3) is 0 Å². The van der Waals surface area contributed by atoms with Crippen LogP contribution in [-0.2, 0) is 25.6 Å². The lowest BCUT2D eigenvalue weighted by Crippen LogP contribution is -2.56. The summed E-state index contributed by atoms with van der Waals surface area (Å²) in [5, 5.41) is 5.35. The van der Waals surface area contributed by atoms with Gasteiger partial charge in [0.2, 0.25) is 23.6 Å². The van der Waals surface area contributed by atoms with Crippen molar-refractivity contribution in [2.45, 2.75) is 50.2 Å². The summed E-state index contributed by atoms with van der Waals surface area (Å²) in [5.74, 6) is -1.51. The summed E-state index contributed by atoms with van der Waals surface area (Å²) in [6.07, 6.45) is 2.06. The molecule has 2 saturated heterocycles. The van der Waals surface area contributed by atoms with Crippen LogP contribution >= 0.6 is 45.2 Å². The molecule has 3 heterocycles. The fourth-order valence-corrected chi connectivity index (χ4v) is 5.13. The molecule has 2 aliphatic rings. The van der Waals surface area contributed by atoms with Gasteiger partial charge in [-0.1, -0.05) is 0 Å². The highest BCUT2D eigenvalue weighted by atomic mass is 127. The van der Waals surface area contributed by atoms with Gasteiger partial charge in [-0.25, -0.2) is 4.98 Å². The fourth-order valence-electron chi connectivity index (χ4n) is 3.51. The molecule has 10 nitrogen and oxygen atoms in total. The molecule has 1 aromatic heterocycles. The first-order chi connectivity index (χ1) is 13.3. The van der Waals surface area contributed by atoms with Gasteiger partial charge in [-0.15, -0.1) is 0 Å². The second kappa shape index (κ2) is 8.92. The van der Waals surface area contributed by atoms with Crippen molar-refractivity contribution in [3.63, 3.8) is 0 Å². The molecule has 0 saturated carbocycles. The van der Waals surface area contributed by atoms with Crippen LogP contribution in [0.3, 0.4) is 0 Å². The topological polar surface area (TPSA) is 150 Å². The molecular weight excluding hydrogens is 594 g/mol. The minimum atomic E-state index is -0.894. The van der Waals surface area contributed by atoms with E-state index in [0.717, 1.165) is 0 Å². The molecule has 152 valence electrons. The highest BCUT2D eigenvalue weighted by molar-refractivity contribution is 14.1. The Morgan fingerprint density at radius 1 is 1.32 bits per heavy atom. The summed E-state index contributed by atoms with van der Waals surface area (Å²) in [7, 11) is 0. The lowest BCUT2D eigenvalue weighted by molar-refractivity contribution is -0.140. The zero-order chi connectivity index (χ0) is 20.4. The van der Waals surface area contributed by atoms with Crippen LogP contribution in [0.4, 0.5) is 0 Å². The zero-order valence-corrected chi connectivity index (χ0v) is 19.2. The number of halogens is 2. The predicted octanol–water partition coefficient (Wildman–Crippen LogP) is -0.599. The maximum atomic E-state index is 13.2. The van der Waals surface area contributed by atoms with Gasteiger partial charge in [0, 0.05) is 19.4 Å². The number of hydrogen-bond acceptors (Lipinski definition) is 5. The van der Waals surface area contributed by atoms with E-state index >= 15 is 0 Å². The van der Waals surface area contributed by atoms with E-state index in [9.17, 15) is 19.2 Å². The number of nitrogens with one attached hydrogen (secondary N) is 3. The van der Waals surface area contributed by atoms with Gasteiger partial charge in [0.05, 0.1) is 5.69 Å². The van der Waals surface area contributed by atoms with E-state index in [2.05, 4.69) is 43.2 Å². The molecular formula is C16H20I2N6O4. The van der Waals surface area contributed by atoms with E-state index in [-0.39, 0.29) is 24.7 Å². The van der Waals surface area contributed by atoms with Crippen molar-refractivity contribution in [3.05, 3.63) is 13.2 Å². The van der Waals surface area contributed by atoms with Crippen molar-refractivity contribution < 1.29 is 19.2 Å². The highest BCUT2D eigenvalue weighted by Crippen LogP contribution is 2.20. The molecule has 0 spiro atoms. The summed E-state index contributed by atoms with van der Waals surface area (Å²) in [6.45, 7) is 0.413. The van der Waals surface area contributed by atoms with E-state index in [1.165, 1.54) is 4.90 Å². The van der Waals surface area contributed by atoms with E-state index < -0.39 is 29.9 Å². The van der Waals surface area contributed by atoms with Crippen molar-refractivity contribution in [3.8, 4) is 0 Å². The van der Waals surface area contributed by atoms with Crippen LogP contribution in [0.2, 0.25) is 0 Å². The lowest BCUT2D eigenvalue weighted by Gasteiger charge is -2.28. The molecule has 1 aromatic rings. The molecule has 12 heteroatoms. The molecule has 0 aromatic carbocycles. The number of carbonyl (C=O) groups is 4. The number of rotatable bonds is 6. The zero-order valence-electron chi connectivity index (χ0n) is 14.8. The second-order valence-corrected chi connectivity index (χ2v) is 8.86. The molecule has 2 fully saturated rings. The summed E-state index contributed by atoms with van der Waals surface area (Å²) in [5.41, 5.74) is 6.15. The van der Waals surface area contributed by atoms with Crippen LogP contribution in [0.1, 0.15) is 31.4 Å². The molecule has 3 unspecified atom stereocenters. The van der Waals surface area contributed by atoms with Crippen molar-refractivity contribution in [1.82, 2.24) is 25.5 Å². The van der Waals surface area contributed by atoms with Gasteiger partial charge in [0.15, 0.2) is 3.83 Å². The second-order valence-electron chi connectivity index (χ2n) is 6.81. The summed E-state index contributed by atoms with van der Waals surface area (Å²) >= 11 is 4.10. The maximum Gasteiger partial charge on any atom is 0.246 e. The minimum absolute atomic E-state index is 0.186. The number of aromatic nitrogens is 2. The number of H-pyrrole nitrogens is 1. The Bertz CT molecular complexity index is 813. The van der Waals surface area contributed by atoms with Crippen molar-refractivity contribution in [1.29, 1.82) is 0 Å². The number of aromatic amines is 1. The molecule has 0 bridgehead atoms. The normalized spacial score (nSPS) is 22.8. The van der Waals surface area contributed by atoms with E-state index in [0.29, 0.717) is 39.0 Å². The highest BCUT2D eigenvalue weighted by Gasteiger charge is 2.38. The third kappa shape index (κ3) is 4.75. The first-order valence-electron chi connectivity index (χ1n) is 8.85. The van der Waals surface area contributed by atoms with Crippen LogP contribution < -0.4 is 16.4 Å². The summed E-state index contributed by atoms with van der Waals surface area (Å²) < 4.78 is 1.38. The summed E-state index contributed by atoms with van der Waals surface area (Å²) in [6, 6.07) is -2.22. The SMILES string of the molecule is NC(=O)C1CCCN1C(=O)C(Cc1[nH]c(I)nc1I)NC(=O)C1CCC(=O)N1. The number of amides is 4. The third-order valence-electron chi connectivity index (χ3n) is 4.90. The Labute approximate surface area is 188 Å². The first-order valence-corrected chi connectivity index (χ1v) is 11.0. The Morgan fingerprint density at radius 3 is 2.64 bits per heavy atom. The average molecular weight is 614 g/mol. The van der Waals surface area contributed by atoms with E-state index in [1.54, 1.807) is 0 Å². The van der Waals surface area contributed by atoms with Gasteiger partial charge in [-0.2, -0.15) is 0 Å². The number of likely N-dealkylation sites (tertiary alicyclic amines) is 1. The quantitative estimate of drug-likeness (QED) is 0.316. The first kappa shape index (κ1) is 21.3. The molecule has 28 heavy (non-hydrogen) atoms. The monoisotopic (exact) mass is 614 g/mol. The Morgan fingerprint density at radius 2 is 2.07 bits per heavy atom. The largest absolute Gasteiger partial charge is 0.368 e. The van der Waals surface area contributed by atoms with Gasteiger partial charge < -0.3 is 26.3 Å². The van der Waals surface area contributed by atoms with Gasteiger partial charge in [-0.3, -0.25) is 19.2 Å². The number of hydrogen-bond donors (Lipinski definition) is 4. The number of carbonyl (C=O) groups excluding carboxylic acids is 4. The van der Waals surface area contributed by atoms with Crippen molar-refractivity contribution in [2.75, 3.05) is 6.54 Å². The lowest BCUT2D eigenvalue weighted by atomic mass is 10.1. The standard InChI is InChI=1S/C16H20I2N6O4/c17-12-8(22-16(18)23-12)6-9(21-14(27)7-3-4-11(25)20-7)15(28)24-5-1-2-10(24)13(19)26/h7,9-10H,1-6H2,(H2,19,26)(H,20,25)(H,21,27)(H,22,23). The summed E-state index contributed by atoms with van der Waals surface area (Å²) in [4.78, 5) is 57.7. The van der Waals surface area contributed by atoms with Crippen LogP contribution in [-0.4, -0.2) is 63.2 Å². The Balaban J connectivity index is 1.80. The Hall–Kier alpha value is -1.45. The van der Waals surface area contributed by atoms with Crippen LogP contribution in [0, 0.1) is 7.53 Å². The van der Waals surface area contributed by atoms with Crippen LogP contribution in [0.15, 0.2) is 0 Å². The molecule has 0 aliphatic carbocycles. The van der Waals surface area contributed by atoms with Gasteiger partial charge >= 0.3 is 0 Å². The van der Waals surface area contributed by atoms with Crippen LogP contribution in [0.5, 0.6) is 0 Å². The van der Waals surface area contributed by atoms with E-state index in [4.69, 9.17) is 5.73 Å². The van der Waals surface area contributed by atoms with Gasteiger partial charge in [0.1, 0.15) is 21.8 Å². The molecule has 5 N–H and O–H groups in total. The smallest absolute Gasteiger partial charge is 0.246 e. The van der Waals surface area contributed by atoms with E-state index in [1.807, 2.05) is 22.6 Å². The maximum absolute atomic E-state index is 13.2. The molecule has 3 atom stereocenters. The number of nitrogens with zero attached hydrogens (tertiary/aromatic N) is 2. The van der Waals surface area contributed by atoms with Gasteiger partial charge in [-0.05, 0) is 64.4 Å². The Kier molecular flexibility index (Phi) is 6.77. The number of nitrogens with two attached hydrogens (primary N) is 1. The molecule has 2 aliphatic heterocycles. The van der Waals surface area contributed by atoms with Crippen LogP contribution in [0.25, 0.3) is 0 Å². The molecule has 3 rings (SSSR count). The van der Waals surface area contributed by atoms with Crippen molar-refractivity contribution >= 4 is 68.8 Å². The minimum Gasteiger partial charge on any atom is -0.368 e. The fraction of sp³-hybridized carbons (Fsp3) is 0.562. The molecule has 4 amide bonds. The third-order valence-corrected chi connectivity index (χ3v) is 6.30. The number of imidazole rings is 1. The average Bonchev–Trinajstić information content (AvgIpc) is 3.34. The number of primary amides is 1. The van der Waals surface area contributed by atoms with Crippen molar-refractivity contribution in [2.24, 2.45) is 5.73 Å². The predicted molar refractivity (Wildman–Crippen MR) is 115 cm³/mol. The molecule has 0 radical (unpaired) electrons.